The molecule has 0 saturated carbocycles. The van der Waals surface area contributed by atoms with Crippen LogP contribution in [0.1, 0.15) is 11.1 Å². The van der Waals surface area contributed by atoms with E-state index in [1.807, 2.05) is 20.3 Å². The average molecular weight is 236 g/mol. The Morgan fingerprint density at radius 2 is 2.06 bits per heavy atom. The molecule has 0 bridgehead atoms. The lowest BCUT2D eigenvalue weighted by molar-refractivity contribution is 0.414. The van der Waals surface area contributed by atoms with Crippen LogP contribution in [0.2, 0.25) is 0 Å². The number of phenols is 1. The van der Waals surface area contributed by atoms with Crippen molar-refractivity contribution >= 4 is 10.9 Å². The number of rotatable bonds is 4. The van der Waals surface area contributed by atoms with Crippen LogP contribution in [0.15, 0.2) is 18.3 Å². The van der Waals surface area contributed by atoms with Crippen molar-refractivity contribution in [1.29, 1.82) is 0 Å². The fourth-order valence-electron chi connectivity index (χ4n) is 2.01. The number of aromatic amines is 1. The van der Waals surface area contributed by atoms with E-state index < -0.39 is 6.67 Å². The highest BCUT2D eigenvalue weighted by atomic mass is 19.1. The van der Waals surface area contributed by atoms with Crippen LogP contribution in [0.4, 0.5) is 4.39 Å². The second kappa shape index (κ2) is 4.75. The van der Waals surface area contributed by atoms with E-state index in [1.54, 1.807) is 12.1 Å². The standard InChI is InChI=1S/C13H17FN2O/c1-16(2)6-5-10-8-15-13-9(7-14)3-4-11(17)12(10)13/h3-4,8,15,17H,5-7H2,1-2H3. The van der Waals surface area contributed by atoms with Crippen LogP contribution < -0.4 is 0 Å². The number of likely N-dealkylation sites (N-methyl/N-ethyl adjacent to an activating group) is 1. The smallest absolute Gasteiger partial charge is 0.125 e. The molecule has 0 amide bonds. The number of nitrogens with one attached hydrogen (secondary N) is 1. The Balaban J connectivity index is 2.44. The van der Waals surface area contributed by atoms with Crippen LogP contribution in [0.25, 0.3) is 10.9 Å². The monoisotopic (exact) mass is 236 g/mol. The summed E-state index contributed by atoms with van der Waals surface area (Å²) in [4.78, 5) is 5.13. The fourth-order valence-corrected chi connectivity index (χ4v) is 2.01. The molecule has 0 aliphatic rings. The maximum atomic E-state index is 12.8. The highest BCUT2D eigenvalue weighted by molar-refractivity contribution is 5.91. The molecule has 0 atom stereocenters. The number of H-pyrrole nitrogens is 1. The number of hydrogen-bond acceptors (Lipinski definition) is 2. The van der Waals surface area contributed by atoms with Crippen molar-refractivity contribution in [1.82, 2.24) is 9.88 Å². The second-order valence-electron chi connectivity index (χ2n) is 4.49. The van der Waals surface area contributed by atoms with Crippen molar-refractivity contribution in [3.8, 4) is 5.75 Å². The zero-order valence-electron chi connectivity index (χ0n) is 10.1. The lowest BCUT2D eigenvalue weighted by Crippen LogP contribution is -2.14. The minimum Gasteiger partial charge on any atom is -0.507 e. The molecule has 1 aromatic heterocycles. The Morgan fingerprint density at radius 1 is 1.29 bits per heavy atom. The molecule has 2 aromatic rings. The van der Waals surface area contributed by atoms with E-state index in [0.717, 1.165) is 23.9 Å². The molecule has 3 nitrogen and oxygen atoms in total. The van der Waals surface area contributed by atoms with Gasteiger partial charge in [0.25, 0.3) is 0 Å². The number of hydrogen-bond donors (Lipinski definition) is 2. The van der Waals surface area contributed by atoms with Crippen LogP contribution >= 0.6 is 0 Å². The lowest BCUT2D eigenvalue weighted by Gasteiger charge is -2.09. The van der Waals surface area contributed by atoms with Crippen LogP contribution in [0, 0.1) is 0 Å². The molecule has 1 heterocycles. The molecule has 0 saturated heterocycles. The molecular formula is C13H17FN2O. The summed E-state index contributed by atoms with van der Waals surface area (Å²) in [7, 11) is 4.00. The van der Waals surface area contributed by atoms with Crippen LogP contribution in [-0.4, -0.2) is 35.6 Å². The molecule has 0 radical (unpaired) electrons. The molecule has 2 rings (SSSR count). The molecule has 0 spiro atoms. The number of phenolic OH excluding ortho intramolecular Hbond substituents is 1. The zero-order chi connectivity index (χ0) is 12.4. The Morgan fingerprint density at radius 3 is 2.71 bits per heavy atom. The van der Waals surface area contributed by atoms with Gasteiger partial charge < -0.3 is 15.0 Å². The first-order chi connectivity index (χ1) is 8.13. The highest BCUT2D eigenvalue weighted by Gasteiger charge is 2.11. The SMILES string of the molecule is CN(C)CCc1c[nH]c2c(CF)ccc(O)c12. The minimum atomic E-state index is -0.523. The quantitative estimate of drug-likeness (QED) is 0.856. The predicted molar refractivity (Wildman–Crippen MR) is 67.0 cm³/mol. The van der Waals surface area contributed by atoms with E-state index in [0.29, 0.717) is 11.1 Å². The number of nitrogens with zero attached hydrogens (tertiary/aromatic N) is 1. The van der Waals surface area contributed by atoms with Gasteiger partial charge in [-0.05, 0) is 32.1 Å². The van der Waals surface area contributed by atoms with Crippen molar-refractivity contribution in [2.45, 2.75) is 13.1 Å². The van der Waals surface area contributed by atoms with Crippen molar-refractivity contribution in [2.75, 3.05) is 20.6 Å². The van der Waals surface area contributed by atoms with Crippen molar-refractivity contribution in [2.24, 2.45) is 0 Å². The van der Waals surface area contributed by atoms with Gasteiger partial charge in [-0.1, -0.05) is 6.07 Å². The van der Waals surface area contributed by atoms with Gasteiger partial charge in [-0.25, -0.2) is 4.39 Å². The van der Waals surface area contributed by atoms with Crippen LogP contribution in [-0.2, 0) is 13.1 Å². The molecule has 0 aliphatic carbocycles. The topological polar surface area (TPSA) is 39.3 Å². The third kappa shape index (κ3) is 2.26. The molecule has 4 heteroatoms. The van der Waals surface area contributed by atoms with E-state index in [2.05, 4.69) is 9.88 Å². The Hall–Kier alpha value is -1.55. The fraction of sp³-hybridized carbons (Fsp3) is 0.385. The van der Waals surface area contributed by atoms with Crippen molar-refractivity contribution in [3.63, 3.8) is 0 Å². The largest absolute Gasteiger partial charge is 0.507 e. The summed E-state index contributed by atoms with van der Waals surface area (Å²) in [6, 6.07) is 3.17. The Labute approximate surface area is 99.9 Å². The number of benzene rings is 1. The van der Waals surface area contributed by atoms with Gasteiger partial charge in [-0.3, -0.25) is 0 Å². The molecule has 2 N–H and O–H groups in total. The summed E-state index contributed by atoms with van der Waals surface area (Å²) in [5, 5.41) is 10.6. The summed E-state index contributed by atoms with van der Waals surface area (Å²) in [6.07, 6.45) is 2.68. The molecule has 0 unspecified atom stereocenters. The predicted octanol–water partition coefficient (Wildman–Crippen LogP) is 2.45. The Kier molecular flexibility index (Phi) is 3.33. The van der Waals surface area contributed by atoms with Gasteiger partial charge in [0.05, 0.1) is 5.52 Å². The number of aromatic hydroxyl groups is 1. The molecule has 0 fully saturated rings. The first kappa shape index (κ1) is 11.9. The number of alkyl halides is 1. The number of fused-ring (bicyclic) bond motifs is 1. The third-order valence-corrected chi connectivity index (χ3v) is 2.95. The molecule has 1 aromatic carbocycles. The van der Waals surface area contributed by atoms with Crippen LogP contribution in [0.3, 0.4) is 0 Å². The summed E-state index contributed by atoms with van der Waals surface area (Å²) in [6.45, 7) is 0.372. The highest BCUT2D eigenvalue weighted by Crippen LogP contribution is 2.31. The first-order valence-corrected chi connectivity index (χ1v) is 5.65. The third-order valence-electron chi connectivity index (χ3n) is 2.95. The van der Waals surface area contributed by atoms with E-state index in [4.69, 9.17) is 0 Å². The first-order valence-electron chi connectivity index (χ1n) is 5.65. The normalized spacial score (nSPS) is 11.5. The molecule has 0 aliphatic heterocycles. The van der Waals surface area contributed by atoms with Gasteiger partial charge in [0.2, 0.25) is 0 Å². The summed E-state index contributed by atoms with van der Waals surface area (Å²) in [5.74, 6) is 0.215. The van der Waals surface area contributed by atoms with E-state index >= 15 is 0 Å². The second-order valence-corrected chi connectivity index (χ2v) is 4.49. The van der Waals surface area contributed by atoms with Crippen molar-refractivity contribution < 1.29 is 9.50 Å². The van der Waals surface area contributed by atoms with Gasteiger partial charge in [-0.2, -0.15) is 0 Å². The summed E-state index contributed by atoms with van der Waals surface area (Å²) in [5.41, 5.74) is 2.33. The van der Waals surface area contributed by atoms with Gasteiger partial charge in [0.1, 0.15) is 12.4 Å². The van der Waals surface area contributed by atoms with E-state index in [9.17, 15) is 9.50 Å². The van der Waals surface area contributed by atoms with Gasteiger partial charge in [-0.15, -0.1) is 0 Å². The maximum Gasteiger partial charge on any atom is 0.125 e. The van der Waals surface area contributed by atoms with Gasteiger partial charge >= 0.3 is 0 Å². The van der Waals surface area contributed by atoms with Gasteiger partial charge in [0.15, 0.2) is 0 Å². The zero-order valence-corrected chi connectivity index (χ0v) is 10.1. The number of aromatic nitrogens is 1. The van der Waals surface area contributed by atoms with E-state index in [1.165, 1.54) is 0 Å². The molecule has 17 heavy (non-hydrogen) atoms. The summed E-state index contributed by atoms with van der Waals surface area (Å²) < 4.78 is 12.8. The Bertz CT molecular complexity index is 519. The molecular weight excluding hydrogens is 219 g/mol. The molecule has 92 valence electrons. The van der Waals surface area contributed by atoms with E-state index in [-0.39, 0.29) is 5.75 Å². The maximum absolute atomic E-state index is 12.8. The number of halogens is 1. The van der Waals surface area contributed by atoms with Gasteiger partial charge in [0, 0.05) is 23.7 Å². The minimum absolute atomic E-state index is 0.215. The van der Waals surface area contributed by atoms with Crippen LogP contribution in [0.5, 0.6) is 5.75 Å². The summed E-state index contributed by atoms with van der Waals surface area (Å²) >= 11 is 0. The van der Waals surface area contributed by atoms with Crippen molar-refractivity contribution in [3.05, 3.63) is 29.5 Å². The lowest BCUT2D eigenvalue weighted by atomic mass is 10.1. The average Bonchev–Trinajstić information content (AvgIpc) is 2.72.